The molecular weight excluding hydrogens is 260 g/mol. The number of nitrogens with zero attached hydrogens (tertiary/aromatic N) is 3. The number of aryl methyl sites for hydroxylation is 1. The molecule has 1 atom stereocenters. The molecule has 0 bridgehead atoms. The van der Waals surface area contributed by atoms with Crippen molar-refractivity contribution >= 4 is 11.9 Å². The third-order valence-corrected chi connectivity index (χ3v) is 4.17. The molecule has 1 unspecified atom stereocenters. The Bertz CT molecular complexity index is 537. The summed E-state index contributed by atoms with van der Waals surface area (Å²) in [6.45, 7) is 3.92. The molecule has 1 fully saturated rings. The van der Waals surface area contributed by atoms with E-state index < -0.39 is 17.4 Å². The first-order chi connectivity index (χ1) is 9.32. The molecule has 7 heteroatoms. The number of carbonyl (C=O) groups excluding carboxylic acids is 2. The molecule has 0 saturated heterocycles. The van der Waals surface area contributed by atoms with Crippen molar-refractivity contribution < 1.29 is 14.3 Å². The lowest BCUT2D eigenvalue weighted by atomic mass is 9.74. The van der Waals surface area contributed by atoms with Gasteiger partial charge in [0, 0.05) is 7.05 Å². The monoisotopic (exact) mass is 280 g/mol. The zero-order chi connectivity index (χ0) is 15.0. The lowest BCUT2D eigenvalue weighted by Gasteiger charge is -2.39. The Morgan fingerprint density at radius 2 is 2.10 bits per heavy atom. The maximum absolute atomic E-state index is 12.3. The van der Waals surface area contributed by atoms with Gasteiger partial charge in [-0.1, -0.05) is 13.8 Å². The fraction of sp³-hybridized carbons (Fsp3) is 0.692. The SMILES string of the molecule is COC(=O)C1(NC(=O)c2ncn(C)n2)CCCC1(C)C. The normalized spacial score (nSPS) is 24.4. The molecule has 1 aromatic heterocycles. The molecule has 1 aliphatic carbocycles. The highest BCUT2D eigenvalue weighted by Gasteiger charge is 2.56. The van der Waals surface area contributed by atoms with Gasteiger partial charge < -0.3 is 10.1 Å². The van der Waals surface area contributed by atoms with Crippen LogP contribution in [0.15, 0.2) is 6.33 Å². The summed E-state index contributed by atoms with van der Waals surface area (Å²) in [5.74, 6) is -0.811. The van der Waals surface area contributed by atoms with Gasteiger partial charge in [0.15, 0.2) is 0 Å². The molecule has 2 rings (SSSR count). The van der Waals surface area contributed by atoms with Crippen LogP contribution in [-0.4, -0.2) is 39.3 Å². The zero-order valence-electron chi connectivity index (χ0n) is 12.3. The second-order valence-electron chi connectivity index (χ2n) is 5.83. The molecule has 0 spiro atoms. The van der Waals surface area contributed by atoms with Gasteiger partial charge in [-0.3, -0.25) is 9.48 Å². The lowest BCUT2D eigenvalue weighted by molar-refractivity contribution is -0.152. The Kier molecular flexibility index (Phi) is 3.54. The first-order valence-corrected chi connectivity index (χ1v) is 6.59. The van der Waals surface area contributed by atoms with E-state index in [9.17, 15) is 9.59 Å². The number of aromatic nitrogens is 3. The summed E-state index contributed by atoms with van der Waals surface area (Å²) < 4.78 is 6.36. The van der Waals surface area contributed by atoms with E-state index in [0.29, 0.717) is 6.42 Å². The smallest absolute Gasteiger partial charge is 0.332 e. The molecule has 1 saturated carbocycles. The van der Waals surface area contributed by atoms with E-state index in [1.807, 2.05) is 13.8 Å². The number of amides is 1. The molecule has 20 heavy (non-hydrogen) atoms. The number of hydrogen-bond donors (Lipinski definition) is 1. The van der Waals surface area contributed by atoms with Gasteiger partial charge in [0.2, 0.25) is 5.82 Å². The van der Waals surface area contributed by atoms with Gasteiger partial charge in [-0.15, -0.1) is 5.10 Å². The van der Waals surface area contributed by atoms with Crippen LogP contribution in [-0.2, 0) is 16.6 Å². The minimum Gasteiger partial charge on any atom is -0.467 e. The van der Waals surface area contributed by atoms with Crippen LogP contribution in [0.5, 0.6) is 0 Å². The molecule has 1 aromatic rings. The van der Waals surface area contributed by atoms with Crippen molar-refractivity contribution in [3.8, 4) is 0 Å². The van der Waals surface area contributed by atoms with Crippen LogP contribution in [0, 0.1) is 5.41 Å². The molecule has 0 aromatic carbocycles. The minimum atomic E-state index is -1.02. The molecule has 110 valence electrons. The highest BCUT2D eigenvalue weighted by Crippen LogP contribution is 2.46. The quantitative estimate of drug-likeness (QED) is 0.822. The van der Waals surface area contributed by atoms with Gasteiger partial charge >= 0.3 is 5.97 Å². The van der Waals surface area contributed by atoms with Gasteiger partial charge in [-0.05, 0) is 24.7 Å². The third-order valence-electron chi connectivity index (χ3n) is 4.17. The van der Waals surface area contributed by atoms with E-state index in [4.69, 9.17) is 4.74 Å². The van der Waals surface area contributed by atoms with E-state index in [0.717, 1.165) is 12.8 Å². The van der Waals surface area contributed by atoms with Crippen molar-refractivity contribution in [2.45, 2.75) is 38.6 Å². The summed E-state index contributed by atoms with van der Waals surface area (Å²) in [6.07, 6.45) is 3.71. The Balaban J connectivity index is 2.30. The number of rotatable bonds is 3. The van der Waals surface area contributed by atoms with Gasteiger partial charge in [0.05, 0.1) is 7.11 Å². The number of hydrogen-bond acceptors (Lipinski definition) is 5. The minimum absolute atomic E-state index is 0.0541. The highest BCUT2D eigenvalue weighted by molar-refractivity contribution is 5.96. The number of ether oxygens (including phenoxy) is 1. The summed E-state index contributed by atoms with van der Waals surface area (Å²) in [7, 11) is 3.02. The number of carbonyl (C=O) groups is 2. The molecule has 1 N–H and O–H groups in total. The van der Waals surface area contributed by atoms with E-state index in [2.05, 4.69) is 15.4 Å². The lowest BCUT2D eigenvalue weighted by Crippen LogP contribution is -2.61. The van der Waals surface area contributed by atoms with Crippen LogP contribution < -0.4 is 5.32 Å². The summed E-state index contributed by atoms with van der Waals surface area (Å²) in [4.78, 5) is 28.4. The van der Waals surface area contributed by atoms with Crippen LogP contribution in [0.2, 0.25) is 0 Å². The molecule has 1 heterocycles. The largest absolute Gasteiger partial charge is 0.467 e. The summed E-state index contributed by atoms with van der Waals surface area (Å²) in [6, 6.07) is 0. The van der Waals surface area contributed by atoms with E-state index in [1.54, 1.807) is 7.05 Å². The van der Waals surface area contributed by atoms with Crippen LogP contribution in [0.3, 0.4) is 0 Å². The standard InChI is InChI=1S/C13H20N4O3/c1-12(2)6-5-7-13(12,11(19)20-4)15-10(18)9-14-8-17(3)16-9/h8H,5-7H2,1-4H3,(H,15,18). The van der Waals surface area contributed by atoms with Gasteiger partial charge in [0.25, 0.3) is 5.91 Å². The Morgan fingerprint density at radius 1 is 1.40 bits per heavy atom. The predicted molar refractivity (Wildman–Crippen MR) is 70.8 cm³/mol. The van der Waals surface area contributed by atoms with Crippen LogP contribution in [0.4, 0.5) is 0 Å². The van der Waals surface area contributed by atoms with Crippen LogP contribution in [0.1, 0.15) is 43.7 Å². The van der Waals surface area contributed by atoms with E-state index in [1.165, 1.54) is 18.1 Å². The molecule has 0 aliphatic heterocycles. The zero-order valence-corrected chi connectivity index (χ0v) is 12.3. The summed E-state index contributed by atoms with van der Waals surface area (Å²) in [5.41, 5.74) is -1.39. The molecule has 1 amide bonds. The average Bonchev–Trinajstić information content (AvgIpc) is 2.93. The molecular formula is C13H20N4O3. The average molecular weight is 280 g/mol. The Morgan fingerprint density at radius 3 is 2.55 bits per heavy atom. The van der Waals surface area contributed by atoms with Crippen molar-refractivity contribution in [3.63, 3.8) is 0 Å². The van der Waals surface area contributed by atoms with Gasteiger partial charge in [-0.25, -0.2) is 9.78 Å². The fourth-order valence-electron chi connectivity index (χ4n) is 2.88. The first kappa shape index (κ1) is 14.5. The first-order valence-electron chi connectivity index (χ1n) is 6.59. The predicted octanol–water partition coefficient (Wildman–Crippen LogP) is 0.667. The van der Waals surface area contributed by atoms with Crippen molar-refractivity contribution in [3.05, 3.63) is 12.2 Å². The topological polar surface area (TPSA) is 86.1 Å². The maximum Gasteiger partial charge on any atom is 0.332 e. The Hall–Kier alpha value is -1.92. The third kappa shape index (κ3) is 2.17. The summed E-state index contributed by atoms with van der Waals surface area (Å²) in [5, 5.41) is 6.77. The van der Waals surface area contributed by atoms with E-state index in [-0.39, 0.29) is 11.2 Å². The number of methoxy groups -OCH3 is 1. The maximum atomic E-state index is 12.3. The van der Waals surface area contributed by atoms with Crippen molar-refractivity contribution in [1.82, 2.24) is 20.1 Å². The highest BCUT2D eigenvalue weighted by atomic mass is 16.5. The van der Waals surface area contributed by atoms with Crippen LogP contribution >= 0.6 is 0 Å². The van der Waals surface area contributed by atoms with Crippen LogP contribution in [0.25, 0.3) is 0 Å². The van der Waals surface area contributed by atoms with Gasteiger partial charge in [0.1, 0.15) is 11.9 Å². The molecule has 0 radical (unpaired) electrons. The van der Waals surface area contributed by atoms with Crippen molar-refractivity contribution in [1.29, 1.82) is 0 Å². The summed E-state index contributed by atoms with van der Waals surface area (Å²) >= 11 is 0. The van der Waals surface area contributed by atoms with Crippen molar-refractivity contribution in [2.75, 3.05) is 7.11 Å². The second kappa shape index (κ2) is 4.88. The number of nitrogens with one attached hydrogen (secondary N) is 1. The number of esters is 1. The Labute approximate surface area is 117 Å². The molecule has 7 nitrogen and oxygen atoms in total. The van der Waals surface area contributed by atoms with Gasteiger partial charge in [-0.2, -0.15) is 0 Å². The fourth-order valence-corrected chi connectivity index (χ4v) is 2.88. The van der Waals surface area contributed by atoms with Crippen molar-refractivity contribution in [2.24, 2.45) is 12.5 Å². The second-order valence-corrected chi connectivity index (χ2v) is 5.83. The van der Waals surface area contributed by atoms with E-state index >= 15 is 0 Å². The molecule has 1 aliphatic rings.